The van der Waals surface area contributed by atoms with Crippen LogP contribution in [0.15, 0.2) is 28.2 Å². The summed E-state index contributed by atoms with van der Waals surface area (Å²) in [7, 11) is 0. The van der Waals surface area contributed by atoms with Crippen molar-refractivity contribution in [3.63, 3.8) is 0 Å². The number of hydrogen-bond acceptors (Lipinski definition) is 4. The van der Waals surface area contributed by atoms with Crippen LogP contribution in [0.3, 0.4) is 0 Å². The van der Waals surface area contributed by atoms with Crippen LogP contribution in [-0.2, 0) is 9.53 Å². The van der Waals surface area contributed by atoms with Crippen molar-refractivity contribution >= 4 is 52.8 Å². The van der Waals surface area contributed by atoms with Crippen LogP contribution in [0.25, 0.3) is 0 Å². The molecule has 1 fully saturated rings. The van der Waals surface area contributed by atoms with E-state index in [1.807, 2.05) is 13.8 Å². The Balaban J connectivity index is 2.37. The number of rotatable bonds is 3. The van der Waals surface area contributed by atoms with Gasteiger partial charge in [0.05, 0.1) is 15.7 Å². The van der Waals surface area contributed by atoms with Crippen molar-refractivity contribution in [2.45, 2.75) is 40.2 Å². The predicted molar refractivity (Wildman–Crippen MR) is 115 cm³/mol. The third-order valence-corrected chi connectivity index (χ3v) is 4.17. The minimum Gasteiger partial charge on any atom is -0.444 e. The number of ether oxygens (including phenoxy) is 1. The van der Waals surface area contributed by atoms with Crippen LogP contribution in [0.5, 0.6) is 0 Å². The Bertz CT molecular complexity index is 847. The average Bonchev–Trinajstić information content (AvgIpc) is 2.87. The highest BCUT2D eigenvalue weighted by Crippen LogP contribution is 2.26. The van der Waals surface area contributed by atoms with Gasteiger partial charge in [-0.3, -0.25) is 15.4 Å². The van der Waals surface area contributed by atoms with E-state index in [0.29, 0.717) is 34.2 Å². The number of halogens is 2. The van der Waals surface area contributed by atoms with Crippen molar-refractivity contribution in [1.29, 1.82) is 0 Å². The van der Waals surface area contributed by atoms with E-state index in [9.17, 15) is 9.59 Å². The van der Waals surface area contributed by atoms with E-state index in [2.05, 4.69) is 20.6 Å². The number of amides is 2. The molecule has 1 aliphatic rings. The van der Waals surface area contributed by atoms with Crippen molar-refractivity contribution in [2.24, 2.45) is 15.9 Å². The molecule has 0 spiro atoms. The molecule has 0 radical (unpaired) electrons. The van der Waals surface area contributed by atoms with Gasteiger partial charge < -0.3 is 9.64 Å². The normalized spacial score (nSPS) is 16.4. The molecule has 8 nitrogen and oxygen atoms in total. The van der Waals surface area contributed by atoms with Crippen LogP contribution in [0.2, 0.25) is 10.0 Å². The number of carbonyl (C=O) groups is 2. The van der Waals surface area contributed by atoms with Crippen molar-refractivity contribution in [1.82, 2.24) is 15.5 Å². The standard InChI is InChI=1S/C19H25Cl2N5O3/c1-11(2)9-26-10-15(27)23-17(26)24-16(25-18(28)29-19(3,4)5)22-12-6-7-13(20)14(21)8-12/h6-8,11H,9-10H2,1-5H3,(H2,22,23,24,25,27,28). The van der Waals surface area contributed by atoms with Crippen LogP contribution < -0.4 is 10.6 Å². The third kappa shape index (κ3) is 7.55. The monoisotopic (exact) mass is 441 g/mol. The largest absolute Gasteiger partial charge is 0.444 e. The summed E-state index contributed by atoms with van der Waals surface area (Å²) in [5.41, 5.74) is -0.272. The lowest BCUT2D eigenvalue weighted by atomic mass is 10.2. The van der Waals surface area contributed by atoms with Crippen LogP contribution in [-0.4, -0.2) is 47.5 Å². The Morgan fingerprint density at radius 3 is 2.59 bits per heavy atom. The Hall–Kier alpha value is -2.32. The molecule has 0 bridgehead atoms. The smallest absolute Gasteiger partial charge is 0.414 e. The first-order chi connectivity index (χ1) is 13.4. The SMILES string of the molecule is CC(C)CN1CC(=O)NC1=NC(=Nc1ccc(Cl)c(Cl)c1)NC(=O)OC(C)(C)C. The summed E-state index contributed by atoms with van der Waals surface area (Å²) >= 11 is 12.0. The quantitative estimate of drug-likeness (QED) is 0.548. The molecule has 1 saturated heterocycles. The lowest BCUT2D eigenvalue weighted by Crippen LogP contribution is -2.39. The molecule has 1 aliphatic heterocycles. The summed E-state index contributed by atoms with van der Waals surface area (Å²) in [6.07, 6.45) is -0.722. The van der Waals surface area contributed by atoms with E-state index in [-0.39, 0.29) is 18.4 Å². The van der Waals surface area contributed by atoms with E-state index in [0.717, 1.165) is 0 Å². The van der Waals surface area contributed by atoms with Crippen LogP contribution >= 0.6 is 23.2 Å². The second-order valence-corrected chi connectivity index (χ2v) is 8.73. The zero-order valence-electron chi connectivity index (χ0n) is 17.0. The Morgan fingerprint density at radius 2 is 2.00 bits per heavy atom. The summed E-state index contributed by atoms with van der Waals surface area (Å²) in [6, 6.07) is 4.76. The first-order valence-corrected chi connectivity index (χ1v) is 9.86. The zero-order valence-corrected chi connectivity index (χ0v) is 18.6. The molecule has 1 aromatic carbocycles. The van der Waals surface area contributed by atoms with Crippen LogP contribution in [0, 0.1) is 5.92 Å². The van der Waals surface area contributed by atoms with E-state index in [1.165, 1.54) is 0 Å². The highest BCUT2D eigenvalue weighted by atomic mass is 35.5. The number of nitrogens with zero attached hydrogens (tertiary/aromatic N) is 3. The molecule has 0 aliphatic carbocycles. The lowest BCUT2D eigenvalue weighted by Gasteiger charge is -2.20. The van der Waals surface area contributed by atoms with Gasteiger partial charge in [-0.1, -0.05) is 37.0 Å². The topological polar surface area (TPSA) is 95.4 Å². The Morgan fingerprint density at radius 1 is 1.31 bits per heavy atom. The van der Waals surface area contributed by atoms with Gasteiger partial charge >= 0.3 is 6.09 Å². The molecule has 0 unspecified atom stereocenters. The molecule has 158 valence electrons. The molecule has 10 heteroatoms. The highest BCUT2D eigenvalue weighted by molar-refractivity contribution is 6.42. The maximum Gasteiger partial charge on any atom is 0.414 e. The molecule has 1 heterocycles. The predicted octanol–water partition coefficient (Wildman–Crippen LogP) is 3.95. The van der Waals surface area contributed by atoms with Crippen molar-refractivity contribution in [3.8, 4) is 0 Å². The summed E-state index contributed by atoms with van der Waals surface area (Å²) in [5.74, 6) is 0.375. The molecule has 2 N–H and O–H groups in total. The zero-order chi connectivity index (χ0) is 21.8. The lowest BCUT2D eigenvalue weighted by molar-refractivity contribution is -0.118. The molecule has 2 amide bonds. The highest BCUT2D eigenvalue weighted by Gasteiger charge is 2.26. The van der Waals surface area contributed by atoms with Gasteiger partial charge in [-0.25, -0.2) is 9.79 Å². The third-order valence-electron chi connectivity index (χ3n) is 3.43. The van der Waals surface area contributed by atoms with Crippen molar-refractivity contribution in [2.75, 3.05) is 13.1 Å². The molecule has 0 saturated carbocycles. The number of hydrogen-bond donors (Lipinski definition) is 2. The number of nitrogens with one attached hydrogen (secondary N) is 2. The first kappa shape index (κ1) is 23.0. The van der Waals surface area contributed by atoms with E-state index < -0.39 is 11.7 Å². The minimum absolute atomic E-state index is 0.0522. The number of carbonyl (C=O) groups excluding carboxylic acids is 2. The van der Waals surface area contributed by atoms with Gasteiger partial charge in [-0.2, -0.15) is 4.99 Å². The summed E-state index contributed by atoms with van der Waals surface area (Å²) in [5, 5.41) is 5.90. The van der Waals surface area contributed by atoms with Gasteiger partial charge in [0.15, 0.2) is 0 Å². The molecule has 2 rings (SSSR count). The Labute approximate surface area is 180 Å². The van der Waals surface area contributed by atoms with Crippen LogP contribution in [0.1, 0.15) is 34.6 Å². The second-order valence-electron chi connectivity index (χ2n) is 7.92. The van der Waals surface area contributed by atoms with Crippen LogP contribution in [0.4, 0.5) is 10.5 Å². The van der Waals surface area contributed by atoms with E-state index in [4.69, 9.17) is 27.9 Å². The average molecular weight is 442 g/mol. The van der Waals surface area contributed by atoms with Gasteiger partial charge in [-0.05, 0) is 44.9 Å². The minimum atomic E-state index is -0.722. The van der Waals surface area contributed by atoms with Gasteiger partial charge in [0.25, 0.3) is 0 Å². The summed E-state index contributed by atoms with van der Waals surface area (Å²) < 4.78 is 5.28. The summed E-state index contributed by atoms with van der Waals surface area (Å²) in [6.45, 7) is 10.1. The van der Waals surface area contributed by atoms with Crippen molar-refractivity contribution in [3.05, 3.63) is 28.2 Å². The van der Waals surface area contributed by atoms with E-state index in [1.54, 1.807) is 43.9 Å². The maximum atomic E-state index is 12.2. The molecular formula is C19H25Cl2N5O3. The summed E-state index contributed by atoms with van der Waals surface area (Å²) in [4.78, 5) is 34.6. The van der Waals surface area contributed by atoms with E-state index >= 15 is 0 Å². The fourth-order valence-corrected chi connectivity index (χ4v) is 2.73. The molecular weight excluding hydrogens is 417 g/mol. The Kier molecular flexibility index (Phi) is 7.48. The number of aliphatic imine (C=N–C) groups is 2. The molecule has 29 heavy (non-hydrogen) atoms. The van der Waals surface area contributed by atoms with Gasteiger partial charge in [-0.15, -0.1) is 0 Å². The number of guanidine groups is 2. The fraction of sp³-hybridized carbons (Fsp3) is 0.474. The molecule has 0 aromatic heterocycles. The number of benzene rings is 1. The van der Waals surface area contributed by atoms with Gasteiger partial charge in [0.2, 0.25) is 17.8 Å². The fourth-order valence-electron chi connectivity index (χ4n) is 2.43. The molecule has 0 atom stereocenters. The van der Waals surface area contributed by atoms with Gasteiger partial charge in [0.1, 0.15) is 12.1 Å². The molecule has 1 aromatic rings. The maximum absolute atomic E-state index is 12.2. The first-order valence-electron chi connectivity index (χ1n) is 9.10. The number of alkyl carbamates (subject to hydrolysis) is 1. The second kappa shape index (κ2) is 9.45. The van der Waals surface area contributed by atoms with Crippen molar-refractivity contribution < 1.29 is 14.3 Å². The van der Waals surface area contributed by atoms with Gasteiger partial charge in [0, 0.05) is 6.54 Å².